The van der Waals surface area contributed by atoms with Crippen LogP contribution in [0, 0.1) is 12.0 Å². The Bertz CT molecular complexity index is 1210. The minimum atomic E-state index is -0.965. The highest BCUT2D eigenvalue weighted by Crippen LogP contribution is 2.22. The number of rotatable bonds is 9. The maximum Gasteiger partial charge on any atom is 0.305 e. The van der Waals surface area contributed by atoms with Crippen LogP contribution < -0.4 is 19.3 Å². The van der Waals surface area contributed by atoms with Crippen LogP contribution in [-0.2, 0) is 9.59 Å². The van der Waals surface area contributed by atoms with Crippen LogP contribution >= 0.6 is 0 Å². The summed E-state index contributed by atoms with van der Waals surface area (Å²) in [5.74, 6) is 1.63. The fourth-order valence-corrected chi connectivity index (χ4v) is 3.14. The lowest BCUT2D eigenvalue weighted by molar-refractivity contribution is -0.137. The zero-order chi connectivity index (χ0) is 25.2. The fraction of sp³-hybridized carbons (Fsp3) is 0.192. The van der Waals surface area contributed by atoms with Crippen molar-refractivity contribution in [2.24, 2.45) is 0 Å². The number of hydrogen-bond acceptors (Lipinski definition) is 6. The smallest absolute Gasteiger partial charge is 0.305 e. The molecular weight excluding hydrogens is 452 g/mol. The summed E-state index contributed by atoms with van der Waals surface area (Å²) in [5, 5.41) is 8.99. The van der Waals surface area contributed by atoms with E-state index in [1.54, 1.807) is 54.6 Å². The van der Waals surface area contributed by atoms with Crippen molar-refractivity contribution < 1.29 is 33.4 Å². The molecule has 0 aliphatic heterocycles. The predicted octanol–water partition coefficient (Wildman–Crippen LogP) is 3.80. The normalized spacial score (nSPS) is 10.0. The molecule has 180 valence electrons. The molecule has 3 rings (SSSR count). The van der Waals surface area contributed by atoms with Gasteiger partial charge in [0.2, 0.25) is 0 Å². The molecule has 0 saturated carbocycles. The molecule has 0 bridgehead atoms. The van der Waals surface area contributed by atoms with Crippen LogP contribution in [0.15, 0.2) is 71.3 Å². The van der Waals surface area contributed by atoms with E-state index in [1.165, 1.54) is 31.4 Å². The summed E-state index contributed by atoms with van der Waals surface area (Å²) in [5.41, 5.74) is 0.929. The number of carboxylic acid groups (broad SMARTS) is 1. The van der Waals surface area contributed by atoms with Crippen molar-refractivity contribution >= 4 is 29.2 Å². The average Bonchev–Trinajstić information content (AvgIpc) is 3.42. The summed E-state index contributed by atoms with van der Waals surface area (Å²) in [4.78, 5) is 39.6. The van der Waals surface area contributed by atoms with Gasteiger partial charge in [-0.15, -0.1) is 0 Å². The Hall–Kier alpha value is -4.71. The first-order chi connectivity index (χ1) is 16.9. The lowest BCUT2D eigenvalue weighted by Crippen LogP contribution is -2.32. The van der Waals surface area contributed by atoms with E-state index in [2.05, 4.69) is 12.0 Å². The maximum absolute atomic E-state index is 13.1. The highest BCUT2D eigenvalue weighted by molar-refractivity contribution is 6.10. The van der Waals surface area contributed by atoms with E-state index < -0.39 is 17.8 Å². The molecule has 0 saturated heterocycles. The quantitative estimate of drug-likeness (QED) is 0.369. The lowest BCUT2D eigenvalue weighted by Gasteiger charge is -2.20. The minimum Gasteiger partial charge on any atom is -0.497 e. The molecule has 1 N–H and O–H groups in total. The Balaban J connectivity index is 1.92. The first-order valence-corrected chi connectivity index (χ1v) is 10.6. The third-order valence-electron chi connectivity index (χ3n) is 4.94. The summed E-state index contributed by atoms with van der Waals surface area (Å²) < 4.78 is 15.5. The third kappa shape index (κ3) is 6.65. The van der Waals surface area contributed by atoms with Gasteiger partial charge in [0.1, 0.15) is 11.5 Å². The van der Waals surface area contributed by atoms with Gasteiger partial charge in [0, 0.05) is 30.6 Å². The molecule has 2 amide bonds. The zero-order valence-corrected chi connectivity index (χ0v) is 19.3. The number of anilines is 2. The van der Waals surface area contributed by atoms with Crippen LogP contribution in [0.25, 0.3) is 0 Å². The largest absolute Gasteiger partial charge is 0.497 e. The topological polar surface area (TPSA) is 110 Å². The zero-order valence-electron chi connectivity index (χ0n) is 19.3. The number of nitrogens with zero attached hydrogens (tertiary/aromatic N) is 2. The van der Waals surface area contributed by atoms with E-state index in [0.717, 1.165) is 4.90 Å². The predicted molar refractivity (Wildman–Crippen MR) is 129 cm³/mol. The van der Waals surface area contributed by atoms with E-state index in [4.69, 9.17) is 19.0 Å². The van der Waals surface area contributed by atoms with Crippen LogP contribution in [0.1, 0.15) is 23.4 Å². The van der Waals surface area contributed by atoms with E-state index in [-0.39, 0.29) is 25.1 Å². The van der Waals surface area contributed by atoms with Crippen LogP contribution in [0.5, 0.6) is 11.5 Å². The molecule has 1 aromatic heterocycles. The van der Waals surface area contributed by atoms with Crippen LogP contribution in [-0.4, -0.2) is 43.7 Å². The first kappa shape index (κ1) is 24.9. The number of amides is 2. The molecule has 0 aliphatic carbocycles. The molecule has 35 heavy (non-hydrogen) atoms. The second-order valence-electron chi connectivity index (χ2n) is 7.20. The van der Waals surface area contributed by atoms with Crippen molar-refractivity contribution in [1.82, 2.24) is 0 Å². The van der Waals surface area contributed by atoms with E-state index in [0.29, 0.717) is 22.9 Å². The molecular formula is C26H24N2O7. The monoisotopic (exact) mass is 476 g/mol. The number of methoxy groups -OCH3 is 2. The lowest BCUT2D eigenvalue weighted by atomic mass is 10.2. The van der Waals surface area contributed by atoms with Crippen molar-refractivity contribution in [2.45, 2.75) is 12.8 Å². The van der Waals surface area contributed by atoms with Crippen LogP contribution in [0.4, 0.5) is 11.4 Å². The molecule has 0 radical (unpaired) electrons. The maximum atomic E-state index is 13.1. The van der Waals surface area contributed by atoms with Gasteiger partial charge in [-0.3, -0.25) is 14.4 Å². The van der Waals surface area contributed by atoms with Gasteiger partial charge in [0.25, 0.3) is 0 Å². The Morgan fingerprint density at radius 1 is 0.914 bits per heavy atom. The van der Waals surface area contributed by atoms with Gasteiger partial charge in [-0.05, 0) is 67.1 Å². The second kappa shape index (κ2) is 12.0. The van der Waals surface area contributed by atoms with Crippen molar-refractivity contribution in [3.8, 4) is 23.5 Å². The molecule has 0 unspecified atom stereocenters. The SMILES string of the molecule is COc1ccc(N(C#CC(=O)N(CCCC(=O)O)c2ccc(OC)cc2)C(=O)c2ccco2)cc1. The fourth-order valence-electron chi connectivity index (χ4n) is 3.14. The highest BCUT2D eigenvalue weighted by Gasteiger charge is 2.20. The molecule has 0 spiro atoms. The molecule has 0 fully saturated rings. The molecule has 9 heteroatoms. The minimum absolute atomic E-state index is 0.0519. The van der Waals surface area contributed by atoms with Crippen molar-refractivity contribution in [3.63, 3.8) is 0 Å². The Kier molecular flexibility index (Phi) is 8.51. The second-order valence-corrected chi connectivity index (χ2v) is 7.20. The van der Waals surface area contributed by atoms with Gasteiger partial charge >= 0.3 is 17.8 Å². The van der Waals surface area contributed by atoms with Crippen molar-refractivity contribution in [1.29, 1.82) is 0 Å². The van der Waals surface area contributed by atoms with Gasteiger partial charge in [-0.25, -0.2) is 4.90 Å². The Labute approximate surface area is 202 Å². The first-order valence-electron chi connectivity index (χ1n) is 10.6. The van der Waals surface area contributed by atoms with Gasteiger partial charge < -0.3 is 23.9 Å². The van der Waals surface area contributed by atoms with Gasteiger partial charge in [-0.2, -0.15) is 0 Å². The van der Waals surface area contributed by atoms with Gasteiger partial charge in [-0.1, -0.05) is 0 Å². The summed E-state index contributed by atoms with van der Waals surface area (Å²) in [6.45, 7) is 0.126. The van der Waals surface area contributed by atoms with Crippen molar-refractivity contribution in [2.75, 3.05) is 30.6 Å². The summed E-state index contributed by atoms with van der Waals surface area (Å²) in [6, 6.07) is 19.0. The Morgan fingerprint density at radius 2 is 1.51 bits per heavy atom. The number of carbonyl (C=O) groups is 3. The molecule has 9 nitrogen and oxygen atoms in total. The van der Waals surface area contributed by atoms with Crippen molar-refractivity contribution in [3.05, 3.63) is 72.7 Å². The average molecular weight is 476 g/mol. The summed E-state index contributed by atoms with van der Waals surface area (Å²) in [7, 11) is 3.05. The standard InChI is InChI=1S/C26H24N2O7/c1-33-21-11-7-19(8-12-21)27(16-3-6-25(30)31)24(29)15-17-28(26(32)23-5-4-18-35-23)20-9-13-22(34-2)14-10-20/h4-5,7-14,18H,3,6,16H2,1-2H3,(H,30,31). The molecule has 0 aliphatic rings. The number of furan rings is 1. The van der Waals surface area contributed by atoms with E-state index >= 15 is 0 Å². The molecule has 1 heterocycles. The third-order valence-corrected chi connectivity index (χ3v) is 4.94. The Morgan fingerprint density at radius 3 is 2.03 bits per heavy atom. The van der Waals surface area contributed by atoms with E-state index in [1.807, 2.05) is 0 Å². The van der Waals surface area contributed by atoms with Crippen LogP contribution in [0.2, 0.25) is 0 Å². The molecule has 2 aromatic carbocycles. The number of aliphatic carboxylic acids is 1. The summed E-state index contributed by atoms with van der Waals surface area (Å²) >= 11 is 0. The van der Waals surface area contributed by atoms with Gasteiger partial charge in [0.15, 0.2) is 5.76 Å². The molecule has 0 atom stereocenters. The number of ether oxygens (including phenoxy) is 2. The number of carboxylic acids is 1. The van der Waals surface area contributed by atoms with Gasteiger partial charge in [0.05, 0.1) is 26.2 Å². The highest BCUT2D eigenvalue weighted by atomic mass is 16.5. The number of carbonyl (C=O) groups excluding carboxylic acids is 2. The summed E-state index contributed by atoms with van der Waals surface area (Å²) in [6.07, 6.45) is 1.48. The van der Waals surface area contributed by atoms with Crippen LogP contribution in [0.3, 0.4) is 0 Å². The van der Waals surface area contributed by atoms with E-state index in [9.17, 15) is 14.4 Å². The molecule has 3 aromatic rings. The number of hydrogen-bond donors (Lipinski definition) is 1. The number of benzene rings is 2.